The minimum Gasteiger partial charge on any atom is -0.870 e. The third-order valence-corrected chi connectivity index (χ3v) is 7.65. The van der Waals surface area contributed by atoms with Gasteiger partial charge in [-0.3, -0.25) is 0 Å². The Labute approximate surface area is 179 Å². The second-order valence-electron chi connectivity index (χ2n) is 9.61. The van der Waals surface area contributed by atoms with Crippen molar-refractivity contribution in [3.05, 3.63) is 85.2 Å². The van der Waals surface area contributed by atoms with Crippen molar-refractivity contribution in [1.82, 2.24) is 0 Å². The van der Waals surface area contributed by atoms with Crippen molar-refractivity contribution in [2.24, 2.45) is 17.8 Å². The number of hydrogen-bond acceptors (Lipinski definition) is 2. The molecule has 4 fully saturated rings. The minimum absolute atomic E-state index is 0. The van der Waals surface area contributed by atoms with Gasteiger partial charge in [-0.15, -0.1) is 0 Å². The van der Waals surface area contributed by atoms with Gasteiger partial charge in [0.1, 0.15) is 0 Å². The van der Waals surface area contributed by atoms with Crippen molar-refractivity contribution >= 4 is 17.1 Å². The fraction of sp³-hybridized carbons (Fsp3) is 0.370. The fourth-order valence-corrected chi connectivity index (χ4v) is 6.87. The first kappa shape index (κ1) is 19.3. The minimum atomic E-state index is 0. The Bertz CT molecular complexity index is 910. The topological polar surface area (TPSA) is 37.1 Å². The number of nitrogens with zero attached hydrogens (tertiary/aromatic N) is 2. The molecule has 4 saturated carbocycles. The van der Waals surface area contributed by atoms with Gasteiger partial charge in [-0.1, -0.05) is 36.4 Å². The van der Waals surface area contributed by atoms with Gasteiger partial charge in [0.25, 0.3) is 0 Å². The standard InChI is InChI=1S/C27H29N2.H2O/c1-3-7-24(8-4-1)29(25-9-5-2-6-10-25)26-11-13-28(14-12-26)27-18-21-15-22(19-27)17-23(16-21)20-27;/h1-14,21-23H,15-20H2;1H2/q+1;/p-1. The lowest BCUT2D eigenvalue weighted by atomic mass is 9.53. The number of pyridine rings is 1. The van der Waals surface area contributed by atoms with E-state index in [-0.39, 0.29) is 5.48 Å². The van der Waals surface area contributed by atoms with E-state index >= 15 is 0 Å². The van der Waals surface area contributed by atoms with Crippen LogP contribution >= 0.6 is 0 Å². The van der Waals surface area contributed by atoms with Gasteiger partial charge < -0.3 is 10.4 Å². The molecule has 3 aromatic rings. The van der Waals surface area contributed by atoms with Crippen LogP contribution < -0.4 is 9.47 Å². The van der Waals surface area contributed by atoms with Gasteiger partial charge in [0, 0.05) is 42.8 Å². The van der Waals surface area contributed by atoms with Crippen LogP contribution in [0.1, 0.15) is 38.5 Å². The lowest BCUT2D eigenvalue weighted by Crippen LogP contribution is -2.64. The molecule has 4 aliphatic rings. The van der Waals surface area contributed by atoms with Crippen LogP contribution in [0, 0.1) is 17.8 Å². The van der Waals surface area contributed by atoms with Crippen molar-refractivity contribution in [3.63, 3.8) is 0 Å². The number of para-hydroxylation sites is 2. The number of rotatable bonds is 4. The Morgan fingerprint density at radius 3 is 1.43 bits per heavy atom. The number of anilines is 3. The number of benzene rings is 2. The molecule has 0 aliphatic heterocycles. The smallest absolute Gasteiger partial charge is 0.171 e. The molecule has 30 heavy (non-hydrogen) atoms. The largest absolute Gasteiger partial charge is 0.870 e. The molecule has 0 spiro atoms. The summed E-state index contributed by atoms with van der Waals surface area (Å²) in [6.07, 6.45) is 13.4. The van der Waals surface area contributed by atoms with E-state index in [4.69, 9.17) is 0 Å². The molecule has 0 unspecified atom stereocenters. The fourth-order valence-electron chi connectivity index (χ4n) is 6.87. The Morgan fingerprint density at radius 2 is 1.00 bits per heavy atom. The average molecular weight is 399 g/mol. The zero-order valence-electron chi connectivity index (χ0n) is 17.4. The highest BCUT2D eigenvalue weighted by Crippen LogP contribution is 2.56. The van der Waals surface area contributed by atoms with E-state index < -0.39 is 0 Å². The second-order valence-corrected chi connectivity index (χ2v) is 9.61. The quantitative estimate of drug-likeness (QED) is 0.491. The predicted molar refractivity (Wildman–Crippen MR) is 119 cm³/mol. The molecular weight excluding hydrogens is 368 g/mol. The molecule has 4 bridgehead atoms. The first-order valence-electron chi connectivity index (χ1n) is 11.2. The van der Waals surface area contributed by atoms with Crippen LogP contribution in [-0.4, -0.2) is 5.48 Å². The Morgan fingerprint density at radius 1 is 0.600 bits per heavy atom. The lowest BCUT2D eigenvalue weighted by molar-refractivity contribution is -0.776. The molecule has 0 saturated heterocycles. The summed E-state index contributed by atoms with van der Waals surface area (Å²) < 4.78 is 2.58. The molecule has 0 amide bonds. The van der Waals surface area contributed by atoms with Crippen LogP contribution in [-0.2, 0) is 5.54 Å². The molecule has 0 atom stereocenters. The molecule has 2 aromatic carbocycles. The molecule has 1 heterocycles. The summed E-state index contributed by atoms with van der Waals surface area (Å²) in [4.78, 5) is 2.35. The number of aromatic nitrogens is 1. The molecule has 4 aliphatic carbocycles. The van der Waals surface area contributed by atoms with Crippen LogP contribution in [0.2, 0.25) is 0 Å². The van der Waals surface area contributed by atoms with Crippen molar-refractivity contribution < 1.29 is 10.0 Å². The van der Waals surface area contributed by atoms with Gasteiger partial charge in [-0.2, -0.15) is 4.57 Å². The number of hydrogen-bond donors (Lipinski definition) is 0. The van der Waals surface area contributed by atoms with E-state index in [1.54, 1.807) is 0 Å². The summed E-state index contributed by atoms with van der Waals surface area (Å²) in [5.74, 6) is 2.91. The first-order chi connectivity index (χ1) is 14.3. The van der Waals surface area contributed by atoms with E-state index in [2.05, 4.69) is 94.7 Å². The highest BCUT2D eigenvalue weighted by molar-refractivity contribution is 5.75. The van der Waals surface area contributed by atoms with E-state index in [1.165, 1.54) is 55.6 Å². The van der Waals surface area contributed by atoms with Crippen LogP contribution in [0.4, 0.5) is 17.1 Å². The molecule has 1 aromatic heterocycles. The van der Waals surface area contributed by atoms with E-state index in [0.717, 1.165) is 17.8 Å². The molecule has 3 nitrogen and oxygen atoms in total. The maximum atomic E-state index is 2.58. The second kappa shape index (κ2) is 7.55. The predicted octanol–water partition coefficient (Wildman–Crippen LogP) is 6.19. The summed E-state index contributed by atoms with van der Waals surface area (Å²) in [7, 11) is 0. The Hall–Kier alpha value is -2.65. The molecule has 3 heteroatoms. The molecule has 0 radical (unpaired) electrons. The van der Waals surface area contributed by atoms with Crippen molar-refractivity contribution in [2.75, 3.05) is 4.90 Å². The highest BCUT2D eigenvalue weighted by Gasteiger charge is 2.56. The zero-order chi connectivity index (χ0) is 19.3. The summed E-state index contributed by atoms with van der Waals surface area (Å²) in [5, 5.41) is 0. The Balaban J connectivity index is 0.00000193. The Kier molecular flexibility index (Phi) is 4.86. The van der Waals surface area contributed by atoms with Crippen molar-refractivity contribution in [3.8, 4) is 0 Å². The maximum Gasteiger partial charge on any atom is 0.171 e. The molecule has 7 rings (SSSR count). The van der Waals surface area contributed by atoms with Gasteiger partial charge in [-0.05, 0) is 61.3 Å². The average Bonchev–Trinajstić information content (AvgIpc) is 2.75. The monoisotopic (exact) mass is 398 g/mol. The lowest BCUT2D eigenvalue weighted by Gasteiger charge is -2.53. The third-order valence-electron chi connectivity index (χ3n) is 7.65. The normalized spacial score (nSPS) is 28.7. The summed E-state index contributed by atoms with van der Waals surface area (Å²) in [5.41, 5.74) is 4.01. The van der Waals surface area contributed by atoms with E-state index in [0.29, 0.717) is 5.54 Å². The highest BCUT2D eigenvalue weighted by atomic mass is 16.0. The summed E-state index contributed by atoms with van der Waals surface area (Å²) in [6.45, 7) is 0. The van der Waals surface area contributed by atoms with Crippen LogP contribution in [0.15, 0.2) is 85.2 Å². The summed E-state index contributed by atoms with van der Waals surface area (Å²) >= 11 is 0. The van der Waals surface area contributed by atoms with E-state index in [9.17, 15) is 0 Å². The van der Waals surface area contributed by atoms with Gasteiger partial charge in [0.15, 0.2) is 17.9 Å². The van der Waals surface area contributed by atoms with Crippen molar-refractivity contribution in [2.45, 2.75) is 44.1 Å². The summed E-state index contributed by atoms with van der Waals surface area (Å²) in [6, 6.07) is 26.0. The van der Waals surface area contributed by atoms with Crippen LogP contribution in [0.3, 0.4) is 0 Å². The van der Waals surface area contributed by atoms with Gasteiger partial charge in [-0.25, -0.2) is 0 Å². The first-order valence-corrected chi connectivity index (χ1v) is 11.2. The zero-order valence-corrected chi connectivity index (χ0v) is 17.4. The maximum absolute atomic E-state index is 2.58. The van der Waals surface area contributed by atoms with Gasteiger partial charge in [0.2, 0.25) is 0 Å². The molecule has 154 valence electrons. The molecular formula is C27H30N2O. The van der Waals surface area contributed by atoms with Gasteiger partial charge in [0.05, 0.1) is 5.69 Å². The van der Waals surface area contributed by atoms with Crippen LogP contribution in [0.25, 0.3) is 0 Å². The molecule has 1 N–H and O–H groups in total. The van der Waals surface area contributed by atoms with Crippen LogP contribution in [0.5, 0.6) is 0 Å². The SMILES string of the molecule is [OH-].c1ccc(N(c2ccccc2)c2cc[n+](C34CC5CC(CC(C5)C3)C4)cc2)cc1. The third kappa shape index (κ3) is 3.22. The van der Waals surface area contributed by atoms with Gasteiger partial charge >= 0.3 is 0 Å². The van der Waals surface area contributed by atoms with Crippen molar-refractivity contribution in [1.29, 1.82) is 0 Å². The van der Waals surface area contributed by atoms with E-state index in [1.807, 2.05) is 0 Å².